The first-order valence-electron chi connectivity index (χ1n) is 5.92. The Morgan fingerprint density at radius 1 is 1.05 bits per heavy atom. The average Bonchev–Trinajstić information content (AvgIpc) is 2.85. The van der Waals surface area contributed by atoms with Crippen LogP contribution in [0.5, 0.6) is 11.5 Å². The van der Waals surface area contributed by atoms with Gasteiger partial charge in [0, 0.05) is 11.6 Å². The van der Waals surface area contributed by atoms with Gasteiger partial charge in [0.2, 0.25) is 0 Å². The molecular formula is C14H18N2O3. The Kier molecular flexibility index (Phi) is 4.09. The van der Waals surface area contributed by atoms with Crippen LogP contribution in [-0.4, -0.2) is 14.2 Å². The molecule has 1 aromatic heterocycles. The smallest absolute Gasteiger partial charge is 0.122 e. The second-order valence-electron chi connectivity index (χ2n) is 4.24. The number of methoxy groups -OCH3 is 2. The molecule has 1 heterocycles. The Hall–Kier alpha value is -1.98. The highest BCUT2D eigenvalue weighted by atomic mass is 16.5. The number of benzene rings is 1. The van der Waals surface area contributed by atoms with Crippen molar-refractivity contribution in [2.75, 3.05) is 14.2 Å². The molecule has 0 saturated heterocycles. The van der Waals surface area contributed by atoms with Gasteiger partial charge in [0.1, 0.15) is 17.3 Å². The van der Waals surface area contributed by atoms with E-state index in [1.54, 1.807) is 20.5 Å². The fourth-order valence-corrected chi connectivity index (χ4v) is 2.00. The van der Waals surface area contributed by atoms with Crippen LogP contribution in [0.4, 0.5) is 0 Å². The zero-order chi connectivity index (χ0) is 13.8. The van der Waals surface area contributed by atoms with Gasteiger partial charge in [-0.15, -0.1) is 0 Å². The summed E-state index contributed by atoms with van der Waals surface area (Å²) in [5, 5.41) is 0. The van der Waals surface area contributed by atoms with Gasteiger partial charge in [-0.3, -0.25) is 5.84 Å². The lowest BCUT2D eigenvalue weighted by Gasteiger charge is -2.16. The molecule has 1 unspecified atom stereocenters. The van der Waals surface area contributed by atoms with E-state index in [0.717, 1.165) is 28.4 Å². The fraction of sp³-hybridized carbons (Fsp3) is 0.286. The van der Waals surface area contributed by atoms with Gasteiger partial charge in [-0.05, 0) is 30.7 Å². The van der Waals surface area contributed by atoms with Gasteiger partial charge in [-0.1, -0.05) is 0 Å². The summed E-state index contributed by atoms with van der Waals surface area (Å²) in [5.74, 6) is 7.93. The number of rotatable bonds is 5. The van der Waals surface area contributed by atoms with E-state index in [-0.39, 0.29) is 6.04 Å². The van der Waals surface area contributed by atoms with Crippen LogP contribution >= 0.6 is 0 Å². The first kappa shape index (κ1) is 13.5. The molecule has 5 nitrogen and oxygen atoms in total. The van der Waals surface area contributed by atoms with Gasteiger partial charge in [0.05, 0.1) is 26.5 Å². The summed E-state index contributed by atoms with van der Waals surface area (Å²) in [7, 11) is 3.23. The zero-order valence-electron chi connectivity index (χ0n) is 11.3. The molecule has 5 heteroatoms. The van der Waals surface area contributed by atoms with Gasteiger partial charge in [-0.2, -0.15) is 0 Å². The van der Waals surface area contributed by atoms with Crippen molar-refractivity contribution in [3.8, 4) is 11.5 Å². The maximum Gasteiger partial charge on any atom is 0.122 e. The molecule has 2 aromatic rings. The van der Waals surface area contributed by atoms with E-state index < -0.39 is 0 Å². The first-order valence-corrected chi connectivity index (χ1v) is 5.92. The Bertz CT molecular complexity index is 529. The minimum atomic E-state index is -0.179. The van der Waals surface area contributed by atoms with Gasteiger partial charge in [-0.25, -0.2) is 5.43 Å². The third-order valence-electron chi connectivity index (χ3n) is 2.96. The van der Waals surface area contributed by atoms with Crippen molar-refractivity contribution < 1.29 is 13.9 Å². The Morgan fingerprint density at radius 2 is 1.68 bits per heavy atom. The van der Waals surface area contributed by atoms with Gasteiger partial charge >= 0.3 is 0 Å². The molecule has 1 atom stereocenters. The fourth-order valence-electron chi connectivity index (χ4n) is 2.00. The zero-order valence-corrected chi connectivity index (χ0v) is 11.3. The molecule has 102 valence electrons. The van der Waals surface area contributed by atoms with Gasteiger partial charge < -0.3 is 13.9 Å². The molecule has 0 spiro atoms. The maximum atomic E-state index is 5.66. The quantitative estimate of drug-likeness (QED) is 0.638. The minimum Gasteiger partial charge on any atom is -0.497 e. The SMILES string of the molecule is COc1cc(OC)cc(C(NN)c2coc(C)c2)c1. The third kappa shape index (κ3) is 2.89. The first-order chi connectivity index (χ1) is 9.17. The summed E-state index contributed by atoms with van der Waals surface area (Å²) in [4.78, 5) is 0. The molecule has 0 aliphatic rings. The van der Waals surface area contributed by atoms with Gasteiger partial charge in [0.25, 0.3) is 0 Å². The molecule has 0 fully saturated rings. The number of hydrazine groups is 1. The van der Waals surface area contributed by atoms with Crippen LogP contribution in [0.2, 0.25) is 0 Å². The summed E-state index contributed by atoms with van der Waals surface area (Å²) in [6, 6.07) is 7.40. The van der Waals surface area contributed by atoms with E-state index >= 15 is 0 Å². The normalized spacial score (nSPS) is 12.2. The molecule has 0 bridgehead atoms. The van der Waals surface area contributed by atoms with E-state index in [2.05, 4.69) is 5.43 Å². The topological polar surface area (TPSA) is 69.7 Å². The minimum absolute atomic E-state index is 0.179. The highest BCUT2D eigenvalue weighted by Gasteiger charge is 2.16. The Morgan fingerprint density at radius 3 is 2.11 bits per heavy atom. The molecule has 0 saturated carbocycles. The number of furan rings is 1. The van der Waals surface area contributed by atoms with Crippen LogP contribution in [0.25, 0.3) is 0 Å². The number of aryl methyl sites for hydroxylation is 1. The summed E-state index contributed by atoms with van der Waals surface area (Å²) >= 11 is 0. The predicted octanol–water partition coefficient (Wildman–Crippen LogP) is 2.16. The molecule has 3 N–H and O–H groups in total. The Labute approximate surface area is 112 Å². The van der Waals surface area contributed by atoms with Crippen molar-refractivity contribution in [2.24, 2.45) is 5.84 Å². The van der Waals surface area contributed by atoms with E-state index in [9.17, 15) is 0 Å². The number of nitrogens with two attached hydrogens (primary N) is 1. The summed E-state index contributed by atoms with van der Waals surface area (Å²) in [5.41, 5.74) is 4.68. The van der Waals surface area contributed by atoms with E-state index in [1.807, 2.05) is 31.2 Å². The van der Waals surface area contributed by atoms with Crippen LogP contribution in [0.1, 0.15) is 22.9 Å². The molecule has 19 heavy (non-hydrogen) atoms. The average molecular weight is 262 g/mol. The standard InChI is InChI=1S/C14H18N2O3/c1-9-4-11(8-19-9)14(16-15)10-5-12(17-2)7-13(6-10)18-3/h4-8,14,16H,15H2,1-3H3. The lowest BCUT2D eigenvalue weighted by Crippen LogP contribution is -2.28. The molecule has 1 aromatic carbocycles. The van der Waals surface area contributed by atoms with Crippen molar-refractivity contribution in [1.29, 1.82) is 0 Å². The number of hydrogen-bond acceptors (Lipinski definition) is 5. The van der Waals surface area contributed by atoms with Crippen molar-refractivity contribution >= 4 is 0 Å². The highest BCUT2D eigenvalue weighted by Crippen LogP contribution is 2.30. The molecule has 0 amide bonds. The van der Waals surface area contributed by atoms with Crippen LogP contribution in [-0.2, 0) is 0 Å². The molecule has 0 aliphatic heterocycles. The van der Waals surface area contributed by atoms with Gasteiger partial charge in [0.15, 0.2) is 0 Å². The van der Waals surface area contributed by atoms with Crippen LogP contribution in [0.15, 0.2) is 34.9 Å². The second kappa shape index (κ2) is 5.77. The Balaban J connectivity index is 2.42. The second-order valence-corrected chi connectivity index (χ2v) is 4.24. The van der Waals surface area contributed by atoms with E-state index in [1.165, 1.54) is 0 Å². The van der Waals surface area contributed by atoms with Crippen LogP contribution in [0, 0.1) is 6.92 Å². The molecule has 2 rings (SSSR count). The third-order valence-corrected chi connectivity index (χ3v) is 2.96. The van der Waals surface area contributed by atoms with E-state index in [4.69, 9.17) is 19.7 Å². The lowest BCUT2D eigenvalue weighted by molar-refractivity contribution is 0.392. The van der Waals surface area contributed by atoms with Crippen LogP contribution < -0.4 is 20.7 Å². The molecular weight excluding hydrogens is 244 g/mol. The van der Waals surface area contributed by atoms with E-state index in [0.29, 0.717) is 0 Å². The lowest BCUT2D eigenvalue weighted by atomic mass is 10.0. The number of ether oxygens (including phenoxy) is 2. The monoisotopic (exact) mass is 262 g/mol. The largest absolute Gasteiger partial charge is 0.497 e. The highest BCUT2D eigenvalue weighted by molar-refractivity contribution is 5.42. The summed E-state index contributed by atoms with van der Waals surface area (Å²) in [6.45, 7) is 1.89. The van der Waals surface area contributed by atoms with Crippen molar-refractivity contribution in [3.63, 3.8) is 0 Å². The summed E-state index contributed by atoms with van der Waals surface area (Å²) < 4.78 is 15.8. The number of hydrogen-bond donors (Lipinski definition) is 2. The van der Waals surface area contributed by atoms with Crippen molar-refractivity contribution in [3.05, 3.63) is 47.4 Å². The van der Waals surface area contributed by atoms with Crippen LogP contribution in [0.3, 0.4) is 0 Å². The summed E-state index contributed by atoms with van der Waals surface area (Å²) in [6.07, 6.45) is 1.69. The van der Waals surface area contributed by atoms with Crippen molar-refractivity contribution in [1.82, 2.24) is 5.43 Å². The number of nitrogens with one attached hydrogen (secondary N) is 1. The predicted molar refractivity (Wildman–Crippen MR) is 72.2 cm³/mol. The maximum absolute atomic E-state index is 5.66. The van der Waals surface area contributed by atoms with Crippen molar-refractivity contribution in [2.45, 2.75) is 13.0 Å². The molecule has 0 radical (unpaired) electrons. The molecule has 0 aliphatic carbocycles.